The summed E-state index contributed by atoms with van der Waals surface area (Å²) >= 11 is 0. The highest BCUT2D eigenvalue weighted by molar-refractivity contribution is 5.65. The van der Waals surface area contributed by atoms with E-state index < -0.39 is 17.6 Å². The Morgan fingerprint density at radius 1 is 1.31 bits per heavy atom. The summed E-state index contributed by atoms with van der Waals surface area (Å²) in [5.74, 6) is 0.504. The molecule has 0 aromatic carbocycles. The second-order valence-electron chi connectivity index (χ2n) is 9.76. The molecule has 0 saturated heterocycles. The first-order valence-electron chi connectivity index (χ1n) is 11.1. The van der Waals surface area contributed by atoms with E-state index in [1.165, 1.54) is 12.5 Å². The van der Waals surface area contributed by atoms with Crippen LogP contribution in [0.1, 0.15) is 53.9 Å². The smallest absolute Gasteiger partial charge is 0.302 e. The molecule has 164 valence electrons. The number of hydrogen-bond acceptors (Lipinski definition) is 5. The van der Waals surface area contributed by atoms with Crippen LogP contribution < -0.4 is 0 Å². The van der Waals surface area contributed by atoms with Gasteiger partial charge in [-0.05, 0) is 38.0 Å². The molecule has 0 aliphatic heterocycles. The molecule has 5 heteroatoms. The first-order valence-corrected chi connectivity index (χ1v) is 11.1. The predicted octanol–water partition coefficient (Wildman–Crippen LogP) is 3.50. The van der Waals surface area contributed by atoms with Crippen molar-refractivity contribution in [2.75, 3.05) is 20.3 Å². The van der Waals surface area contributed by atoms with E-state index in [0.29, 0.717) is 31.5 Å². The van der Waals surface area contributed by atoms with Gasteiger partial charge in [0.25, 0.3) is 0 Å². The standard InChI is InChI=1S/C24H38O5/c1-13(11-29-16(4)25)19-9-21(26)24(5)10-20-17(12-28-6)7-8-18(20)14(2)23(27)15(3)22(19)24/h10,13-15,17-18,21,23,26-27H,7-9,11-12H2,1-6H3/b20-10-/t13-,14-,15-,17-,18+,21+,23-,24+/m1/s1. The maximum atomic E-state index is 11.3. The summed E-state index contributed by atoms with van der Waals surface area (Å²) in [7, 11) is 1.74. The third-order valence-electron chi connectivity index (χ3n) is 7.86. The molecule has 0 aromatic heterocycles. The Kier molecular flexibility index (Phi) is 6.62. The molecular formula is C24H38O5. The van der Waals surface area contributed by atoms with Crippen molar-refractivity contribution in [1.82, 2.24) is 0 Å². The molecule has 0 heterocycles. The van der Waals surface area contributed by atoms with E-state index in [4.69, 9.17) is 9.47 Å². The highest BCUT2D eigenvalue weighted by atomic mass is 16.5. The van der Waals surface area contributed by atoms with E-state index in [-0.39, 0.29) is 23.7 Å². The molecule has 0 radical (unpaired) electrons. The highest BCUT2D eigenvalue weighted by Crippen LogP contribution is 2.56. The van der Waals surface area contributed by atoms with Crippen molar-refractivity contribution >= 4 is 5.97 Å². The molecule has 1 fully saturated rings. The van der Waals surface area contributed by atoms with Gasteiger partial charge in [-0.3, -0.25) is 4.79 Å². The molecule has 1 saturated carbocycles. The number of carbonyl (C=O) groups excluding carboxylic acids is 1. The molecule has 3 aliphatic carbocycles. The number of aliphatic hydroxyl groups excluding tert-OH is 2. The van der Waals surface area contributed by atoms with E-state index >= 15 is 0 Å². The van der Waals surface area contributed by atoms with Crippen molar-refractivity contribution in [3.05, 3.63) is 22.8 Å². The second kappa shape index (κ2) is 8.52. The minimum atomic E-state index is -0.535. The first-order chi connectivity index (χ1) is 13.6. The van der Waals surface area contributed by atoms with Gasteiger partial charge < -0.3 is 19.7 Å². The molecule has 3 aliphatic rings. The summed E-state index contributed by atoms with van der Waals surface area (Å²) in [6.07, 6.45) is 4.00. The van der Waals surface area contributed by atoms with Crippen molar-refractivity contribution in [1.29, 1.82) is 0 Å². The number of esters is 1. The van der Waals surface area contributed by atoms with Gasteiger partial charge in [-0.2, -0.15) is 0 Å². The zero-order valence-corrected chi connectivity index (χ0v) is 18.8. The fraction of sp³-hybridized carbons (Fsp3) is 0.792. The maximum Gasteiger partial charge on any atom is 0.302 e. The van der Waals surface area contributed by atoms with Crippen LogP contribution in [0.25, 0.3) is 0 Å². The highest BCUT2D eigenvalue weighted by Gasteiger charge is 2.51. The van der Waals surface area contributed by atoms with Gasteiger partial charge in [0.05, 0.1) is 25.4 Å². The molecule has 0 unspecified atom stereocenters. The molecular weight excluding hydrogens is 368 g/mol. The van der Waals surface area contributed by atoms with E-state index in [1.807, 2.05) is 6.92 Å². The van der Waals surface area contributed by atoms with Crippen molar-refractivity contribution in [2.24, 2.45) is 35.0 Å². The van der Waals surface area contributed by atoms with Gasteiger partial charge in [-0.15, -0.1) is 0 Å². The average Bonchev–Trinajstić information content (AvgIpc) is 3.16. The minimum Gasteiger partial charge on any atom is -0.465 e. The lowest BCUT2D eigenvalue weighted by atomic mass is 9.65. The largest absolute Gasteiger partial charge is 0.465 e. The number of ether oxygens (including phenoxy) is 2. The van der Waals surface area contributed by atoms with Crippen molar-refractivity contribution in [2.45, 2.75) is 66.1 Å². The van der Waals surface area contributed by atoms with Crippen LogP contribution in [0.15, 0.2) is 22.8 Å². The summed E-state index contributed by atoms with van der Waals surface area (Å²) in [5.41, 5.74) is 3.11. The average molecular weight is 407 g/mol. The predicted molar refractivity (Wildman–Crippen MR) is 112 cm³/mol. The quantitative estimate of drug-likeness (QED) is 0.540. The van der Waals surface area contributed by atoms with Gasteiger partial charge in [0.15, 0.2) is 0 Å². The maximum absolute atomic E-state index is 11.3. The van der Waals surface area contributed by atoms with Crippen LogP contribution in [0.3, 0.4) is 0 Å². The van der Waals surface area contributed by atoms with Gasteiger partial charge >= 0.3 is 5.97 Å². The van der Waals surface area contributed by atoms with E-state index in [0.717, 1.165) is 24.0 Å². The first kappa shape index (κ1) is 22.5. The lowest BCUT2D eigenvalue weighted by Gasteiger charge is -2.42. The van der Waals surface area contributed by atoms with Gasteiger partial charge in [0.1, 0.15) is 0 Å². The number of hydrogen-bond donors (Lipinski definition) is 2. The van der Waals surface area contributed by atoms with Gasteiger partial charge in [-0.1, -0.05) is 43.6 Å². The monoisotopic (exact) mass is 406 g/mol. The summed E-state index contributed by atoms with van der Waals surface area (Å²) in [6, 6.07) is 0. The Morgan fingerprint density at radius 2 is 2.00 bits per heavy atom. The van der Waals surface area contributed by atoms with Crippen LogP contribution in [0.4, 0.5) is 0 Å². The van der Waals surface area contributed by atoms with E-state index in [2.05, 4.69) is 26.8 Å². The van der Waals surface area contributed by atoms with Crippen molar-refractivity contribution in [3.63, 3.8) is 0 Å². The summed E-state index contributed by atoms with van der Waals surface area (Å²) in [6.45, 7) is 10.8. The van der Waals surface area contributed by atoms with Crippen LogP contribution in [0, 0.1) is 35.0 Å². The third kappa shape index (κ3) is 3.94. The number of carbonyl (C=O) groups is 1. The van der Waals surface area contributed by atoms with Crippen LogP contribution in [-0.2, 0) is 14.3 Å². The fourth-order valence-electron chi connectivity index (χ4n) is 6.22. The lowest BCUT2D eigenvalue weighted by Crippen LogP contribution is -2.40. The zero-order chi connectivity index (χ0) is 21.5. The molecule has 29 heavy (non-hydrogen) atoms. The number of aliphatic hydroxyl groups is 2. The second-order valence-corrected chi connectivity index (χ2v) is 9.76. The molecule has 8 atom stereocenters. The summed E-state index contributed by atoms with van der Waals surface area (Å²) in [4.78, 5) is 11.3. The Balaban J connectivity index is 2.10. The van der Waals surface area contributed by atoms with E-state index in [9.17, 15) is 15.0 Å². The van der Waals surface area contributed by atoms with Crippen LogP contribution in [-0.4, -0.2) is 48.7 Å². The number of methoxy groups -OCH3 is 1. The topological polar surface area (TPSA) is 76.0 Å². The third-order valence-corrected chi connectivity index (χ3v) is 7.86. The summed E-state index contributed by atoms with van der Waals surface area (Å²) in [5, 5.41) is 22.5. The molecule has 2 N–H and O–H groups in total. The fourth-order valence-corrected chi connectivity index (χ4v) is 6.22. The normalized spacial score (nSPS) is 42.4. The Morgan fingerprint density at radius 3 is 2.62 bits per heavy atom. The number of fused-ring (bicyclic) bond motifs is 2. The minimum absolute atomic E-state index is 0.0160. The van der Waals surface area contributed by atoms with Crippen molar-refractivity contribution in [3.8, 4) is 0 Å². The van der Waals surface area contributed by atoms with Crippen LogP contribution in [0.5, 0.6) is 0 Å². The summed E-state index contributed by atoms with van der Waals surface area (Å²) < 4.78 is 10.8. The molecule has 5 nitrogen and oxygen atoms in total. The lowest BCUT2D eigenvalue weighted by molar-refractivity contribution is -0.141. The van der Waals surface area contributed by atoms with Crippen LogP contribution >= 0.6 is 0 Å². The Labute approximate surface area is 175 Å². The van der Waals surface area contributed by atoms with E-state index in [1.54, 1.807) is 7.11 Å². The van der Waals surface area contributed by atoms with Gasteiger partial charge in [0, 0.05) is 37.2 Å². The van der Waals surface area contributed by atoms with Crippen LogP contribution in [0.2, 0.25) is 0 Å². The SMILES string of the molecule is COC[C@H]1CC[C@@H]2/C1=C\[C@]1(C)C(=C([C@H](C)COC(C)=O)C[C@@H]1O)[C@@H](C)[C@H](O)[C@@H]2C. The molecule has 0 amide bonds. The Bertz CT molecular complexity index is 695. The Hall–Kier alpha value is -1.17. The van der Waals surface area contributed by atoms with Crippen molar-refractivity contribution < 1.29 is 24.5 Å². The molecule has 0 bridgehead atoms. The zero-order valence-electron chi connectivity index (χ0n) is 18.8. The molecule has 0 aromatic rings. The molecule has 3 rings (SSSR count). The number of rotatable bonds is 5. The van der Waals surface area contributed by atoms with Gasteiger partial charge in [-0.25, -0.2) is 0 Å². The molecule has 0 spiro atoms. The van der Waals surface area contributed by atoms with Gasteiger partial charge in [0.2, 0.25) is 0 Å².